The van der Waals surface area contributed by atoms with Crippen LogP contribution >= 0.6 is 0 Å². The summed E-state index contributed by atoms with van der Waals surface area (Å²) in [4.78, 5) is 8.45. The molecule has 4 heteroatoms. The molecule has 0 amide bonds. The number of aliphatic hydroxyl groups excluding tert-OH is 1. The summed E-state index contributed by atoms with van der Waals surface area (Å²) in [5.74, 6) is 1.40. The fraction of sp³-hybridized carbons (Fsp3) is 0.333. The van der Waals surface area contributed by atoms with Crippen LogP contribution in [0.15, 0.2) is 42.7 Å². The van der Waals surface area contributed by atoms with Gasteiger partial charge in [-0.25, -0.2) is 9.97 Å². The summed E-state index contributed by atoms with van der Waals surface area (Å²) in [7, 11) is 0. The van der Waals surface area contributed by atoms with Crippen molar-refractivity contribution in [2.24, 2.45) is 0 Å². The van der Waals surface area contributed by atoms with Crippen molar-refractivity contribution < 1.29 is 5.11 Å². The maximum Gasteiger partial charge on any atom is 0.129 e. The average molecular weight is 255 g/mol. The van der Waals surface area contributed by atoms with Crippen molar-refractivity contribution in [1.82, 2.24) is 9.97 Å². The Morgan fingerprint density at radius 1 is 1.21 bits per heavy atom. The molecule has 2 N–H and O–H groups in total. The summed E-state index contributed by atoms with van der Waals surface area (Å²) in [5, 5.41) is 13.2. The lowest BCUT2D eigenvalue weighted by atomic mass is 10.1. The number of nitrogens with one attached hydrogen (secondary N) is 1. The van der Waals surface area contributed by atoms with E-state index in [0.717, 1.165) is 17.1 Å². The molecule has 0 saturated heterocycles. The van der Waals surface area contributed by atoms with Gasteiger partial charge < -0.3 is 10.4 Å². The monoisotopic (exact) mass is 255 g/mol. The van der Waals surface area contributed by atoms with Crippen LogP contribution in [0.3, 0.4) is 0 Å². The number of rotatable bonds is 5. The standard InChI is InChI=1S/C15H17N3O/c19-14(12-4-2-1-3-5-12)9-16-15-8-13(11-6-7-11)17-10-18-15/h1-5,8,10-11,14,19H,6-7,9H2,(H,16,17,18). The second-order valence-corrected chi connectivity index (χ2v) is 4.91. The molecule has 1 heterocycles. The highest BCUT2D eigenvalue weighted by Crippen LogP contribution is 2.39. The van der Waals surface area contributed by atoms with Crippen LogP contribution in [0, 0.1) is 0 Å². The number of aromatic nitrogens is 2. The number of hydrogen-bond donors (Lipinski definition) is 2. The summed E-state index contributed by atoms with van der Waals surface area (Å²) in [6, 6.07) is 11.6. The minimum absolute atomic E-state index is 0.450. The molecule has 0 spiro atoms. The molecule has 0 bridgehead atoms. The van der Waals surface area contributed by atoms with E-state index in [2.05, 4.69) is 15.3 Å². The first-order chi connectivity index (χ1) is 9.33. The Bertz CT molecular complexity index is 540. The molecule has 1 fully saturated rings. The normalized spacial score (nSPS) is 16.1. The van der Waals surface area contributed by atoms with E-state index >= 15 is 0 Å². The zero-order chi connectivity index (χ0) is 13.1. The Balaban J connectivity index is 1.61. The molecule has 1 aromatic heterocycles. The minimum atomic E-state index is -0.527. The Labute approximate surface area is 112 Å². The average Bonchev–Trinajstić information content (AvgIpc) is 3.31. The van der Waals surface area contributed by atoms with E-state index in [-0.39, 0.29) is 0 Å². The van der Waals surface area contributed by atoms with E-state index in [4.69, 9.17) is 0 Å². The Kier molecular flexibility index (Phi) is 3.42. The van der Waals surface area contributed by atoms with E-state index in [1.54, 1.807) is 6.33 Å². The van der Waals surface area contributed by atoms with Gasteiger partial charge in [0.2, 0.25) is 0 Å². The third-order valence-corrected chi connectivity index (χ3v) is 3.34. The van der Waals surface area contributed by atoms with Gasteiger partial charge in [-0.2, -0.15) is 0 Å². The summed E-state index contributed by atoms with van der Waals surface area (Å²) >= 11 is 0. The van der Waals surface area contributed by atoms with Crippen LogP contribution in [0.25, 0.3) is 0 Å². The van der Waals surface area contributed by atoms with Crippen LogP contribution in [0.1, 0.15) is 36.1 Å². The van der Waals surface area contributed by atoms with Crippen molar-refractivity contribution in [2.45, 2.75) is 24.9 Å². The lowest BCUT2D eigenvalue weighted by Gasteiger charge is -2.12. The second-order valence-electron chi connectivity index (χ2n) is 4.91. The van der Waals surface area contributed by atoms with Crippen LogP contribution in [0.2, 0.25) is 0 Å². The van der Waals surface area contributed by atoms with E-state index in [9.17, 15) is 5.11 Å². The molecular formula is C15H17N3O. The highest BCUT2D eigenvalue weighted by molar-refractivity contribution is 5.37. The zero-order valence-corrected chi connectivity index (χ0v) is 10.7. The van der Waals surface area contributed by atoms with Gasteiger partial charge in [-0.15, -0.1) is 0 Å². The highest BCUT2D eigenvalue weighted by atomic mass is 16.3. The maximum atomic E-state index is 10.1. The summed E-state index contributed by atoms with van der Waals surface area (Å²) < 4.78 is 0. The molecule has 3 rings (SSSR count). The second kappa shape index (κ2) is 5.36. The number of anilines is 1. The minimum Gasteiger partial charge on any atom is -0.387 e. The van der Waals surface area contributed by atoms with E-state index in [1.165, 1.54) is 12.8 Å². The van der Waals surface area contributed by atoms with Crippen LogP contribution in [-0.4, -0.2) is 21.6 Å². The van der Waals surface area contributed by atoms with E-state index < -0.39 is 6.10 Å². The fourth-order valence-electron chi connectivity index (χ4n) is 2.07. The van der Waals surface area contributed by atoms with Crippen molar-refractivity contribution in [3.05, 3.63) is 54.0 Å². The highest BCUT2D eigenvalue weighted by Gasteiger charge is 2.25. The van der Waals surface area contributed by atoms with Crippen molar-refractivity contribution in [2.75, 3.05) is 11.9 Å². The molecule has 1 aliphatic rings. The molecular weight excluding hydrogens is 238 g/mol. The van der Waals surface area contributed by atoms with Crippen molar-refractivity contribution >= 4 is 5.82 Å². The zero-order valence-electron chi connectivity index (χ0n) is 10.7. The third kappa shape index (κ3) is 3.09. The van der Waals surface area contributed by atoms with Crippen molar-refractivity contribution in [3.8, 4) is 0 Å². The fourth-order valence-corrected chi connectivity index (χ4v) is 2.07. The molecule has 98 valence electrons. The Morgan fingerprint density at radius 3 is 2.74 bits per heavy atom. The molecule has 1 saturated carbocycles. The predicted molar refractivity (Wildman–Crippen MR) is 73.9 cm³/mol. The molecule has 1 atom stereocenters. The number of hydrogen-bond acceptors (Lipinski definition) is 4. The number of nitrogens with zero attached hydrogens (tertiary/aromatic N) is 2. The quantitative estimate of drug-likeness (QED) is 0.862. The number of aliphatic hydroxyl groups is 1. The lowest BCUT2D eigenvalue weighted by Crippen LogP contribution is -2.13. The van der Waals surface area contributed by atoms with E-state index in [0.29, 0.717) is 12.5 Å². The van der Waals surface area contributed by atoms with Crippen LogP contribution in [0.4, 0.5) is 5.82 Å². The smallest absolute Gasteiger partial charge is 0.129 e. The van der Waals surface area contributed by atoms with Crippen LogP contribution < -0.4 is 5.32 Å². The Hall–Kier alpha value is -1.94. The van der Waals surface area contributed by atoms with Gasteiger partial charge in [-0.1, -0.05) is 30.3 Å². The largest absolute Gasteiger partial charge is 0.387 e. The molecule has 0 radical (unpaired) electrons. The first-order valence-electron chi connectivity index (χ1n) is 6.62. The molecule has 1 unspecified atom stereocenters. The lowest BCUT2D eigenvalue weighted by molar-refractivity contribution is 0.191. The van der Waals surface area contributed by atoms with Gasteiger partial charge in [0.1, 0.15) is 12.1 Å². The molecule has 2 aromatic rings. The molecule has 4 nitrogen and oxygen atoms in total. The maximum absolute atomic E-state index is 10.1. The van der Waals surface area contributed by atoms with E-state index in [1.807, 2.05) is 36.4 Å². The van der Waals surface area contributed by atoms with Gasteiger partial charge in [-0.05, 0) is 18.4 Å². The van der Waals surface area contributed by atoms with Crippen molar-refractivity contribution in [1.29, 1.82) is 0 Å². The van der Waals surface area contributed by atoms with Gasteiger partial charge >= 0.3 is 0 Å². The van der Waals surface area contributed by atoms with Crippen LogP contribution in [-0.2, 0) is 0 Å². The van der Waals surface area contributed by atoms with Gasteiger partial charge in [0.05, 0.1) is 6.10 Å². The summed E-state index contributed by atoms with van der Waals surface area (Å²) in [5.41, 5.74) is 2.01. The van der Waals surface area contributed by atoms with Gasteiger partial charge in [0.25, 0.3) is 0 Å². The predicted octanol–water partition coefficient (Wildman–Crippen LogP) is 2.50. The van der Waals surface area contributed by atoms with Crippen LogP contribution in [0.5, 0.6) is 0 Å². The molecule has 1 aliphatic carbocycles. The first-order valence-corrected chi connectivity index (χ1v) is 6.62. The van der Waals surface area contributed by atoms with Gasteiger partial charge in [0, 0.05) is 24.2 Å². The summed E-state index contributed by atoms with van der Waals surface area (Å²) in [6.45, 7) is 0.450. The SMILES string of the molecule is OC(CNc1cc(C2CC2)ncn1)c1ccccc1. The third-order valence-electron chi connectivity index (χ3n) is 3.34. The molecule has 19 heavy (non-hydrogen) atoms. The Morgan fingerprint density at radius 2 is 2.00 bits per heavy atom. The first kappa shape index (κ1) is 12.1. The topological polar surface area (TPSA) is 58.0 Å². The molecule has 1 aromatic carbocycles. The van der Waals surface area contributed by atoms with Crippen molar-refractivity contribution in [3.63, 3.8) is 0 Å². The molecule has 0 aliphatic heterocycles. The van der Waals surface area contributed by atoms with Gasteiger partial charge in [0.15, 0.2) is 0 Å². The van der Waals surface area contributed by atoms with Gasteiger partial charge in [-0.3, -0.25) is 0 Å². The summed E-state index contributed by atoms with van der Waals surface area (Å²) in [6.07, 6.45) is 3.51. The number of benzene rings is 1.